The summed E-state index contributed by atoms with van der Waals surface area (Å²) in [5, 5.41) is 3.57. The molecule has 16 heavy (non-hydrogen) atoms. The van der Waals surface area contributed by atoms with Crippen LogP contribution in [0.25, 0.3) is 0 Å². The Hall–Kier alpha value is -0.120. The predicted molar refractivity (Wildman–Crippen MR) is 66.7 cm³/mol. The van der Waals surface area contributed by atoms with Gasteiger partial charge in [0.05, 0.1) is 6.10 Å². The van der Waals surface area contributed by atoms with Gasteiger partial charge in [-0.25, -0.2) is 0 Å². The van der Waals surface area contributed by atoms with E-state index in [1.165, 1.54) is 51.7 Å². The number of rotatable bonds is 4. The normalized spacial score (nSPS) is 32.8. The van der Waals surface area contributed by atoms with Gasteiger partial charge >= 0.3 is 0 Å². The first kappa shape index (κ1) is 12.3. The van der Waals surface area contributed by atoms with Crippen molar-refractivity contribution >= 4 is 0 Å². The fourth-order valence-corrected chi connectivity index (χ4v) is 2.85. The van der Waals surface area contributed by atoms with Crippen LogP contribution in [-0.2, 0) is 4.74 Å². The van der Waals surface area contributed by atoms with E-state index in [0.717, 1.165) is 19.2 Å². The summed E-state index contributed by atoms with van der Waals surface area (Å²) in [6.45, 7) is 7.98. The van der Waals surface area contributed by atoms with Gasteiger partial charge in [-0.1, -0.05) is 0 Å². The van der Waals surface area contributed by atoms with Crippen molar-refractivity contribution in [3.63, 3.8) is 0 Å². The van der Waals surface area contributed by atoms with E-state index >= 15 is 0 Å². The van der Waals surface area contributed by atoms with Crippen LogP contribution >= 0.6 is 0 Å². The summed E-state index contributed by atoms with van der Waals surface area (Å²) < 4.78 is 5.66. The molecule has 2 rings (SSSR count). The fourth-order valence-electron chi connectivity index (χ4n) is 2.85. The molecular formula is C13H26N2O. The van der Waals surface area contributed by atoms with Crippen LogP contribution in [0.5, 0.6) is 0 Å². The van der Waals surface area contributed by atoms with E-state index in [4.69, 9.17) is 4.74 Å². The molecule has 0 saturated carbocycles. The zero-order chi connectivity index (χ0) is 11.2. The predicted octanol–water partition coefficient (Wildman–Crippen LogP) is 1.63. The molecule has 2 unspecified atom stereocenters. The van der Waals surface area contributed by atoms with Gasteiger partial charge in [0.2, 0.25) is 0 Å². The van der Waals surface area contributed by atoms with E-state index in [0.29, 0.717) is 6.10 Å². The average molecular weight is 226 g/mol. The molecular weight excluding hydrogens is 200 g/mol. The van der Waals surface area contributed by atoms with Crippen LogP contribution in [0.1, 0.15) is 39.0 Å². The molecule has 0 bridgehead atoms. The van der Waals surface area contributed by atoms with Crippen LogP contribution in [-0.4, -0.2) is 49.8 Å². The summed E-state index contributed by atoms with van der Waals surface area (Å²) >= 11 is 0. The molecule has 2 fully saturated rings. The van der Waals surface area contributed by atoms with E-state index in [1.807, 2.05) is 0 Å². The second kappa shape index (κ2) is 6.58. The molecule has 3 nitrogen and oxygen atoms in total. The van der Waals surface area contributed by atoms with E-state index in [9.17, 15) is 0 Å². The van der Waals surface area contributed by atoms with E-state index < -0.39 is 0 Å². The molecule has 1 N–H and O–H groups in total. The molecule has 0 radical (unpaired) electrons. The molecule has 0 aromatic heterocycles. The Morgan fingerprint density at radius 2 is 2.31 bits per heavy atom. The molecule has 3 heteroatoms. The fraction of sp³-hybridized carbons (Fsp3) is 1.00. The lowest BCUT2D eigenvalue weighted by Gasteiger charge is -2.22. The number of ether oxygens (including phenoxy) is 1. The standard InChI is InChI=1S/C13H26N2O/c1-12-11-15(9-4-10-16-12)8-3-6-13-5-2-7-14-13/h12-14H,2-11H2,1H3. The lowest BCUT2D eigenvalue weighted by Crippen LogP contribution is -2.32. The second-order valence-corrected chi connectivity index (χ2v) is 5.27. The average Bonchev–Trinajstić information content (AvgIpc) is 2.69. The zero-order valence-electron chi connectivity index (χ0n) is 10.6. The van der Waals surface area contributed by atoms with Crippen molar-refractivity contribution in [2.24, 2.45) is 0 Å². The summed E-state index contributed by atoms with van der Waals surface area (Å²) in [6, 6.07) is 0.806. The minimum Gasteiger partial charge on any atom is -0.377 e. The maximum absolute atomic E-state index is 5.66. The van der Waals surface area contributed by atoms with E-state index in [-0.39, 0.29) is 0 Å². The number of nitrogens with one attached hydrogen (secondary N) is 1. The van der Waals surface area contributed by atoms with E-state index in [1.54, 1.807) is 0 Å². The third-order valence-corrected chi connectivity index (χ3v) is 3.73. The highest BCUT2D eigenvalue weighted by atomic mass is 16.5. The molecule has 2 heterocycles. The summed E-state index contributed by atoms with van der Waals surface area (Å²) in [7, 11) is 0. The van der Waals surface area contributed by atoms with Crippen LogP contribution < -0.4 is 5.32 Å². The molecule has 0 spiro atoms. The topological polar surface area (TPSA) is 24.5 Å². The van der Waals surface area contributed by atoms with Gasteiger partial charge in [0.15, 0.2) is 0 Å². The monoisotopic (exact) mass is 226 g/mol. The summed E-state index contributed by atoms with van der Waals surface area (Å²) in [5.41, 5.74) is 0. The third-order valence-electron chi connectivity index (χ3n) is 3.73. The van der Waals surface area contributed by atoms with Crippen LogP contribution in [0, 0.1) is 0 Å². The van der Waals surface area contributed by atoms with Crippen molar-refractivity contribution in [3.8, 4) is 0 Å². The van der Waals surface area contributed by atoms with Crippen molar-refractivity contribution in [2.75, 3.05) is 32.8 Å². The Morgan fingerprint density at radius 1 is 1.38 bits per heavy atom. The Bertz CT molecular complexity index is 192. The largest absolute Gasteiger partial charge is 0.377 e. The van der Waals surface area contributed by atoms with Gasteiger partial charge in [-0.3, -0.25) is 0 Å². The molecule has 2 aliphatic rings. The maximum atomic E-state index is 5.66. The zero-order valence-corrected chi connectivity index (χ0v) is 10.6. The molecule has 0 aromatic rings. The van der Waals surface area contributed by atoms with Gasteiger partial charge in [0, 0.05) is 25.7 Å². The molecule has 0 aromatic carbocycles. The van der Waals surface area contributed by atoms with Crippen LogP contribution in [0.3, 0.4) is 0 Å². The first-order chi connectivity index (χ1) is 7.84. The van der Waals surface area contributed by atoms with Gasteiger partial charge in [-0.05, 0) is 52.1 Å². The van der Waals surface area contributed by atoms with Gasteiger partial charge in [0.1, 0.15) is 0 Å². The van der Waals surface area contributed by atoms with Gasteiger partial charge < -0.3 is 15.0 Å². The first-order valence-corrected chi connectivity index (χ1v) is 6.92. The number of hydrogen-bond donors (Lipinski definition) is 1. The minimum absolute atomic E-state index is 0.423. The molecule has 2 atom stereocenters. The first-order valence-electron chi connectivity index (χ1n) is 6.92. The second-order valence-electron chi connectivity index (χ2n) is 5.27. The third kappa shape index (κ3) is 4.04. The van der Waals surface area contributed by atoms with Crippen LogP contribution in [0.2, 0.25) is 0 Å². The highest BCUT2D eigenvalue weighted by Crippen LogP contribution is 2.12. The minimum atomic E-state index is 0.423. The van der Waals surface area contributed by atoms with Crippen molar-refractivity contribution in [3.05, 3.63) is 0 Å². The Balaban J connectivity index is 1.60. The lowest BCUT2D eigenvalue weighted by atomic mass is 10.1. The van der Waals surface area contributed by atoms with Gasteiger partial charge in [-0.2, -0.15) is 0 Å². The van der Waals surface area contributed by atoms with Crippen molar-refractivity contribution in [1.82, 2.24) is 10.2 Å². The Morgan fingerprint density at radius 3 is 3.12 bits per heavy atom. The molecule has 2 saturated heterocycles. The number of hydrogen-bond acceptors (Lipinski definition) is 3. The maximum Gasteiger partial charge on any atom is 0.0673 e. The molecule has 0 aliphatic carbocycles. The van der Waals surface area contributed by atoms with Crippen molar-refractivity contribution in [2.45, 2.75) is 51.2 Å². The lowest BCUT2D eigenvalue weighted by molar-refractivity contribution is 0.0675. The Kier molecular flexibility index (Phi) is 5.07. The highest BCUT2D eigenvalue weighted by molar-refractivity contribution is 4.75. The van der Waals surface area contributed by atoms with E-state index in [2.05, 4.69) is 17.1 Å². The van der Waals surface area contributed by atoms with Crippen molar-refractivity contribution in [1.29, 1.82) is 0 Å². The summed E-state index contributed by atoms with van der Waals surface area (Å²) in [4.78, 5) is 2.58. The Labute approximate surface area is 99.5 Å². The number of nitrogens with zero attached hydrogens (tertiary/aromatic N) is 1. The van der Waals surface area contributed by atoms with Gasteiger partial charge in [0.25, 0.3) is 0 Å². The van der Waals surface area contributed by atoms with Crippen molar-refractivity contribution < 1.29 is 4.74 Å². The molecule has 94 valence electrons. The smallest absolute Gasteiger partial charge is 0.0673 e. The molecule has 2 aliphatic heterocycles. The van der Waals surface area contributed by atoms with Gasteiger partial charge in [-0.15, -0.1) is 0 Å². The SMILES string of the molecule is CC1CN(CCCC2CCCN2)CCCO1. The van der Waals surface area contributed by atoms with Crippen LogP contribution in [0.4, 0.5) is 0 Å². The summed E-state index contributed by atoms with van der Waals surface area (Å²) in [5.74, 6) is 0. The molecule has 0 amide bonds. The highest BCUT2D eigenvalue weighted by Gasteiger charge is 2.16. The quantitative estimate of drug-likeness (QED) is 0.788. The van der Waals surface area contributed by atoms with Crippen LogP contribution in [0.15, 0.2) is 0 Å². The summed E-state index contributed by atoms with van der Waals surface area (Å²) in [6.07, 6.45) is 7.08.